The summed E-state index contributed by atoms with van der Waals surface area (Å²) in [5.41, 5.74) is 2.67. The maximum Gasteiger partial charge on any atom is 0.227 e. The van der Waals surface area contributed by atoms with Crippen LogP contribution in [0.2, 0.25) is 0 Å². The van der Waals surface area contributed by atoms with Gasteiger partial charge in [-0.3, -0.25) is 4.79 Å². The minimum absolute atomic E-state index is 0.288. The Morgan fingerprint density at radius 3 is 2.79 bits per heavy atom. The van der Waals surface area contributed by atoms with Crippen LogP contribution in [0.3, 0.4) is 0 Å². The van der Waals surface area contributed by atoms with Crippen LogP contribution in [-0.2, 0) is 11.2 Å². The lowest BCUT2D eigenvalue weighted by molar-refractivity contribution is -0.132. The maximum absolute atomic E-state index is 13.0. The molecule has 1 aromatic heterocycles. The summed E-state index contributed by atoms with van der Waals surface area (Å²) in [7, 11) is 4.43. The molecule has 3 saturated carbocycles. The van der Waals surface area contributed by atoms with Gasteiger partial charge >= 0.3 is 0 Å². The van der Waals surface area contributed by atoms with Crippen molar-refractivity contribution < 1.29 is 4.79 Å². The fraction of sp³-hybridized carbons (Fsp3) is 0.759. The average Bonchev–Trinajstić information content (AvgIpc) is 3.49. The number of rotatable bonds is 3. The smallest absolute Gasteiger partial charge is 0.227 e. The zero-order valence-electron chi connectivity index (χ0n) is 21.1. The van der Waals surface area contributed by atoms with E-state index in [4.69, 9.17) is 0 Å². The first kappa shape index (κ1) is 22.3. The van der Waals surface area contributed by atoms with E-state index in [0.717, 1.165) is 36.1 Å². The molecule has 0 radical (unpaired) electrons. The number of fused-ring (bicyclic) bond motifs is 4. The number of thiophene rings is 1. The molecule has 4 heteroatoms. The van der Waals surface area contributed by atoms with Crippen molar-refractivity contribution >= 4 is 17.2 Å². The first-order chi connectivity index (χ1) is 15.8. The van der Waals surface area contributed by atoms with Crippen molar-refractivity contribution in [2.75, 3.05) is 20.6 Å². The highest BCUT2D eigenvalue weighted by atomic mass is 32.1. The van der Waals surface area contributed by atoms with Crippen molar-refractivity contribution in [1.29, 1.82) is 0 Å². The zero-order chi connectivity index (χ0) is 23.0. The van der Waals surface area contributed by atoms with Crippen LogP contribution < -0.4 is 0 Å². The Balaban J connectivity index is 1.19. The van der Waals surface area contributed by atoms with Crippen LogP contribution >= 0.6 is 11.3 Å². The summed E-state index contributed by atoms with van der Waals surface area (Å²) in [6.07, 6.45) is 13.9. The molecule has 0 N–H and O–H groups in total. The van der Waals surface area contributed by atoms with Gasteiger partial charge in [-0.15, -0.1) is 11.3 Å². The summed E-state index contributed by atoms with van der Waals surface area (Å²) in [5.74, 6) is 3.92. The van der Waals surface area contributed by atoms with E-state index in [1.54, 1.807) is 16.9 Å². The second kappa shape index (κ2) is 7.95. The summed E-state index contributed by atoms with van der Waals surface area (Å²) in [6, 6.07) is 5.29. The van der Waals surface area contributed by atoms with E-state index in [1.165, 1.54) is 56.4 Å². The van der Waals surface area contributed by atoms with Crippen molar-refractivity contribution in [1.82, 2.24) is 9.80 Å². The fourth-order valence-corrected chi connectivity index (χ4v) is 10.4. The Morgan fingerprint density at radius 1 is 1.18 bits per heavy atom. The first-order valence-electron chi connectivity index (χ1n) is 13.5. The van der Waals surface area contributed by atoms with Crippen molar-refractivity contribution in [2.45, 2.75) is 83.7 Å². The molecule has 0 aromatic carbocycles. The molecule has 3 nitrogen and oxygen atoms in total. The van der Waals surface area contributed by atoms with Gasteiger partial charge in [-0.2, -0.15) is 0 Å². The average molecular weight is 467 g/mol. The van der Waals surface area contributed by atoms with Crippen LogP contribution in [0.25, 0.3) is 0 Å². The Bertz CT molecular complexity index is 939. The van der Waals surface area contributed by atoms with E-state index in [2.05, 4.69) is 55.3 Å². The molecular weight excluding hydrogens is 424 g/mol. The summed E-state index contributed by atoms with van der Waals surface area (Å²) in [4.78, 5) is 18.9. The molecule has 5 aliphatic rings. The van der Waals surface area contributed by atoms with Crippen LogP contribution in [0.15, 0.2) is 29.2 Å². The van der Waals surface area contributed by atoms with Crippen LogP contribution in [0.5, 0.6) is 0 Å². The largest absolute Gasteiger partial charge is 0.342 e. The van der Waals surface area contributed by atoms with E-state index in [0.29, 0.717) is 23.3 Å². The standard InChI is InChI=1S/C29H42N2OS/c1-19-24-9-10-26-23-8-7-20-16-21(31(4)27(32)17-22-6-5-15-33-22)11-13-28(20,2)25(23)12-14-29(24,26)18-30(19)3/h5-7,15,19,21,23-26H,8-14,16-18H2,1-4H3. The number of carbonyl (C=O) groups is 1. The number of carbonyl (C=O) groups excluding carboxylic acids is 1. The van der Waals surface area contributed by atoms with Gasteiger partial charge in [0.2, 0.25) is 5.91 Å². The molecule has 4 aliphatic carbocycles. The SMILES string of the molecule is CC1C2CCC3C4CC=C5CC(N(C)C(=O)Cc6cccs6)CCC5(C)C4CCC32CN1C. The summed E-state index contributed by atoms with van der Waals surface area (Å²) in [6.45, 7) is 6.44. The molecule has 1 saturated heterocycles. The van der Waals surface area contributed by atoms with Gasteiger partial charge in [-0.1, -0.05) is 24.6 Å². The predicted octanol–water partition coefficient (Wildman–Crippen LogP) is 6.01. The molecule has 1 aliphatic heterocycles. The lowest BCUT2D eigenvalue weighted by Crippen LogP contribution is -2.53. The third kappa shape index (κ3) is 3.26. The molecule has 8 atom stereocenters. The van der Waals surface area contributed by atoms with Crippen molar-refractivity contribution in [3.05, 3.63) is 34.0 Å². The molecule has 1 amide bonds. The molecule has 180 valence electrons. The molecule has 4 fully saturated rings. The van der Waals surface area contributed by atoms with Gasteiger partial charge < -0.3 is 9.80 Å². The number of amides is 1. The molecule has 33 heavy (non-hydrogen) atoms. The van der Waals surface area contributed by atoms with Crippen molar-refractivity contribution in [3.8, 4) is 0 Å². The Morgan fingerprint density at radius 2 is 2.00 bits per heavy atom. The van der Waals surface area contributed by atoms with E-state index in [1.807, 2.05) is 6.07 Å². The third-order valence-electron chi connectivity index (χ3n) is 11.5. The van der Waals surface area contributed by atoms with Crippen molar-refractivity contribution in [3.63, 3.8) is 0 Å². The van der Waals surface area contributed by atoms with E-state index < -0.39 is 0 Å². The Hall–Kier alpha value is -1.13. The van der Waals surface area contributed by atoms with Gasteiger partial charge in [0.25, 0.3) is 0 Å². The monoisotopic (exact) mass is 466 g/mol. The summed E-state index contributed by atoms with van der Waals surface area (Å²) in [5, 5.41) is 2.07. The molecule has 8 unspecified atom stereocenters. The topological polar surface area (TPSA) is 23.6 Å². The maximum atomic E-state index is 13.0. The molecule has 1 spiro atoms. The molecule has 2 heterocycles. The third-order valence-corrected chi connectivity index (χ3v) is 12.4. The van der Waals surface area contributed by atoms with Gasteiger partial charge in [0.05, 0.1) is 6.42 Å². The van der Waals surface area contributed by atoms with Crippen molar-refractivity contribution in [2.24, 2.45) is 34.5 Å². The highest BCUT2D eigenvalue weighted by molar-refractivity contribution is 7.10. The van der Waals surface area contributed by atoms with Gasteiger partial charge in [-0.25, -0.2) is 0 Å². The Kier molecular flexibility index (Phi) is 5.38. The molecular formula is C29H42N2OS. The molecule has 6 rings (SSSR count). The minimum atomic E-state index is 0.288. The highest BCUT2D eigenvalue weighted by Gasteiger charge is 2.64. The lowest BCUT2D eigenvalue weighted by Gasteiger charge is -2.58. The van der Waals surface area contributed by atoms with E-state index >= 15 is 0 Å². The Labute approximate surface area is 204 Å². The normalized spacial score (nSPS) is 44.4. The van der Waals surface area contributed by atoms with Gasteiger partial charge in [0, 0.05) is 30.6 Å². The number of allylic oxidation sites excluding steroid dienone is 1. The van der Waals surface area contributed by atoms with Gasteiger partial charge in [-0.05, 0) is 111 Å². The first-order valence-corrected chi connectivity index (χ1v) is 14.4. The quantitative estimate of drug-likeness (QED) is 0.509. The van der Waals surface area contributed by atoms with Crippen LogP contribution in [0.1, 0.15) is 70.1 Å². The number of hydrogen-bond acceptors (Lipinski definition) is 3. The number of hydrogen-bond donors (Lipinski definition) is 0. The van der Waals surface area contributed by atoms with Crippen LogP contribution in [0, 0.1) is 34.5 Å². The number of likely N-dealkylation sites (tertiary alicyclic amines) is 1. The fourth-order valence-electron chi connectivity index (χ4n) is 9.66. The molecule has 1 aromatic rings. The predicted molar refractivity (Wildman–Crippen MR) is 136 cm³/mol. The summed E-state index contributed by atoms with van der Waals surface area (Å²) >= 11 is 1.70. The zero-order valence-corrected chi connectivity index (χ0v) is 21.9. The van der Waals surface area contributed by atoms with Crippen LogP contribution in [-0.4, -0.2) is 48.4 Å². The molecule has 0 bridgehead atoms. The van der Waals surface area contributed by atoms with Gasteiger partial charge in [0.15, 0.2) is 0 Å². The number of likely N-dealkylation sites (N-methyl/N-ethyl adjacent to an activating group) is 1. The number of nitrogens with zero attached hydrogens (tertiary/aromatic N) is 2. The summed E-state index contributed by atoms with van der Waals surface area (Å²) < 4.78 is 0. The second-order valence-electron chi connectivity index (χ2n) is 12.5. The van der Waals surface area contributed by atoms with Crippen LogP contribution in [0.4, 0.5) is 0 Å². The lowest BCUT2D eigenvalue weighted by atomic mass is 9.47. The second-order valence-corrected chi connectivity index (χ2v) is 13.6. The minimum Gasteiger partial charge on any atom is -0.342 e. The van der Waals surface area contributed by atoms with E-state index in [-0.39, 0.29) is 5.91 Å². The van der Waals surface area contributed by atoms with Gasteiger partial charge in [0.1, 0.15) is 0 Å². The highest BCUT2D eigenvalue weighted by Crippen LogP contribution is 2.68. The van der Waals surface area contributed by atoms with E-state index in [9.17, 15) is 4.79 Å².